The summed E-state index contributed by atoms with van der Waals surface area (Å²) in [7, 11) is 0. The van der Waals surface area contributed by atoms with Crippen molar-refractivity contribution >= 4 is 5.91 Å². The van der Waals surface area contributed by atoms with Crippen molar-refractivity contribution in [3.05, 3.63) is 42.1 Å². The Labute approximate surface area is 128 Å². The molecule has 116 valence electrons. The van der Waals surface area contributed by atoms with Gasteiger partial charge in [-0.3, -0.25) is 4.79 Å². The molecule has 22 heavy (non-hydrogen) atoms. The fourth-order valence-corrected chi connectivity index (χ4v) is 2.41. The van der Waals surface area contributed by atoms with Crippen molar-refractivity contribution in [2.24, 2.45) is 0 Å². The van der Waals surface area contributed by atoms with Gasteiger partial charge in [-0.2, -0.15) is 0 Å². The van der Waals surface area contributed by atoms with Crippen LogP contribution >= 0.6 is 0 Å². The Balaban J connectivity index is 1.67. The van der Waals surface area contributed by atoms with Crippen molar-refractivity contribution in [2.45, 2.75) is 19.1 Å². The van der Waals surface area contributed by atoms with Crippen molar-refractivity contribution in [1.29, 1.82) is 0 Å². The van der Waals surface area contributed by atoms with Crippen molar-refractivity contribution < 1.29 is 18.8 Å². The highest BCUT2D eigenvalue weighted by Gasteiger charge is 2.31. The Morgan fingerprint density at radius 1 is 1.36 bits per heavy atom. The van der Waals surface area contributed by atoms with Crippen LogP contribution in [0.4, 0.5) is 0 Å². The molecule has 0 spiro atoms. The maximum atomic E-state index is 12.3. The largest absolute Gasteiger partial charge is 0.376 e. The van der Waals surface area contributed by atoms with E-state index in [2.05, 4.69) is 10.5 Å². The van der Waals surface area contributed by atoms with Crippen LogP contribution in [0.15, 0.2) is 40.9 Å². The summed E-state index contributed by atoms with van der Waals surface area (Å²) >= 11 is 0. The summed E-state index contributed by atoms with van der Waals surface area (Å²) in [6.07, 6.45) is -0.116. The van der Waals surface area contributed by atoms with E-state index >= 15 is 0 Å². The minimum Gasteiger partial charge on any atom is -0.376 e. The Hall–Kier alpha value is -2.18. The molecule has 0 radical (unpaired) electrons. The fraction of sp³-hybridized carbons (Fsp3) is 0.375. The van der Waals surface area contributed by atoms with E-state index in [1.54, 1.807) is 6.07 Å². The first-order valence-electron chi connectivity index (χ1n) is 7.30. The van der Waals surface area contributed by atoms with E-state index in [0.717, 1.165) is 5.56 Å². The number of aromatic nitrogens is 1. The van der Waals surface area contributed by atoms with Gasteiger partial charge in [0, 0.05) is 18.2 Å². The number of carbonyl (C=O) groups excluding carboxylic acids is 1. The van der Waals surface area contributed by atoms with Gasteiger partial charge >= 0.3 is 0 Å². The highest BCUT2D eigenvalue weighted by molar-refractivity contribution is 5.93. The number of amides is 1. The maximum absolute atomic E-state index is 12.3. The lowest BCUT2D eigenvalue weighted by Gasteiger charge is -2.17. The second kappa shape index (κ2) is 6.72. The molecule has 1 fully saturated rings. The summed E-state index contributed by atoms with van der Waals surface area (Å²) in [6.45, 7) is 3.44. The zero-order valence-corrected chi connectivity index (χ0v) is 12.3. The summed E-state index contributed by atoms with van der Waals surface area (Å²) in [4.78, 5) is 12.3. The van der Waals surface area contributed by atoms with Gasteiger partial charge in [-0.1, -0.05) is 35.5 Å². The van der Waals surface area contributed by atoms with E-state index < -0.39 is 0 Å². The van der Waals surface area contributed by atoms with Crippen LogP contribution in [0.3, 0.4) is 0 Å². The van der Waals surface area contributed by atoms with Crippen LogP contribution in [0.5, 0.6) is 0 Å². The number of hydrogen-bond acceptors (Lipinski definition) is 5. The highest BCUT2D eigenvalue weighted by atomic mass is 16.5. The van der Waals surface area contributed by atoms with E-state index in [9.17, 15) is 4.79 Å². The summed E-state index contributed by atoms with van der Waals surface area (Å²) < 4.78 is 16.1. The number of hydrogen-bond donors (Lipinski definition) is 1. The van der Waals surface area contributed by atoms with Gasteiger partial charge in [-0.15, -0.1) is 0 Å². The van der Waals surface area contributed by atoms with Crippen molar-refractivity contribution in [1.82, 2.24) is 10.5 Å². The van der Waals surface area contributed by atoms with Gasteiger partial charge in [-0.05, 0) is 6.92 Å². The van der Waals surface area contributed by atoms with E-state index in [0.29, 0.717) is 25.6 Å². The van der Waals surface area contributed by atoms with Crippen LogP contribution in [0.25, 0.3) is 11.3 Å². The third-order valence-corrected chi connectivity index (χ3v) is 3.53. The Morgan fingerprint density at radius 2 is 2.18 bits per heavy atom. The number of carbonyl (C=O) groups is 1. The number of rotatable bonds is 5. The van der Waals surface area contributed by atoms with Crippen molar-refractivity contribution in [3.8, 4) is 11.3 Å². The number of benzene rings is 1. The molecular formula is C16H18N2O4. The molecule has 2 atom stereocenters. The molecule has 1 aromatic heterocycles. The molecule has 1 aromatic carbocycles. The summed E-state index contributed by atoms with van der Waals surface area (Å²) in [5, 5.41) is 6.72. The van der Waals surface area contributed by atoms with Gasteiger partial charge in [0.25, 0.3) is 5.91 Å². The number of nitrogens with zero attached hydrogens (tertiary/aromatic N) is 1. The summed E-state index contributed by atoms with van der Waals surface area (Å²) in [6, 6.07) is 11.0. The molecule has 3 rings (SSSR count). The minimum absolute atomic E-state index is 0.116. The Morgan fingerprint density at radius 3 is 2.95 bits per heavy atom. The standard InChI is InChI=1S/C16H18N2O4/c1-2-21-15-10-20-9-13(15)17-16(19)12-8-14(22-18-12)11-6-4-3-5-7-11/h3-8,13,15H,2,9-10H2,1H3,(H,17,19)/t13-,15-/m0/s1. The predicted molar refractivity (Wildman–Crippen MR) is 79.4 cm³/mol. The molecule has 1 amide bonds. The third kappa shape index (κ3) is 3.18. The quantitative estimate of drug-likeness (QED) is 0.913. The fourth-order valence-electron chi connectivity index (χ4n) is 2.41. The SMILES string of the molecule is CCO[C@H]1COC[C@@H]1NC(=O)c1cc(-c2ccccc2)on1. The lowest BCUT2D eigenvalue weighted by molar-refractivity contribution is 0.0401. The highest BCUT2D eigenvalue weighted by Crippen LogP contribution is 2.20. The van der Waals surface area contributed by atoms with Gasteiger partial charge in [0.1, 0.15) is 6.10 Å². The lowest BCUT2D eigenvalue weighted by Crippen LogP contribution is -2.43. The predicted octanol–water partition coefficient (Wildman–Crippen LogP) is 1.88. The monoisotopic (exact) mass is 302 g/mol. The van der Waals surface area contributed by atoms with Gasteiger partial charge in [0.05, 0.1) is 19.3 Å². The molecule has 0 aliphatic carbocycles. The third-order valence-electron chi connectivity index (χ3n) is 3.53. The molecule has 0 unspecified atom stereocenters. The van der Waals surface area contributed by atoms with E-state index in [4.69, 9.17) is 14.0 Å². The van der Waals surface area contributed by atoms with Gasteiger partial charge in [0.15, 0.2) is 11.5 Å². The second-order valence-corrected chi connectivity index (χ2v) is 5.05. The van der Waals surface area contributed by atoms with Gasteiger partial charge in [0.2, 0.25) is 0 Å². The van der Waals surface area contributed by atoms with E-state index in [1.165, 1.54) is 0 Å². The van der Waals surface area contributed by atoms with E-state index in [-0.39, 0.29) is 23.7 Å². The molecule has 1 aliphatic heterocycles. The van der Waals surface area contributed by atoms with Crippen LogP contribution < -0.4 is 5.32 Å². The minimum atomic E-state index is -0.286. The summed E-state index contributed by atoms with van der Waals surface area (Å²) in [5.74, 6) is 0.279. The smallest absolute Gasteiger partial charge is 0.273 e. The molecule has 0 bridgehead atoms. The lowest BCUT2D eigenvalue weighted by atomic mass is 10.1. The molecule has 6 heteroatoms. The Bertz CT molecular complexity index is 626. The zero-order valence-electron chi connectivity index (χ0n) is 12.3. The van der Waals surface area contributed by atoms with Gasteiger partial charge < -0.3 is 19.3 Å². The molecule has 0 saturated carbocycles. The normalized spacial score (nSPS) is 21.0. The first kappa shape index (κ1) is 14.7. The topological polar surface area (TPSA) is 73.6 Å². The molecule has 2 aromatic rings. The average molecular weight is 302 g/mol. The first-order chi connectivity index (χ1) is 10.8. The van der Waals surface area contributed by atoms with Crippen LogP contribution in [0.1, 0.15) is 17.4 Å². The number of ether oxygens (including phenoxy) is 2. The summed E-state index contributed by atoms with van der Waals surface area (Å²) in [5.41, 5.74) is 1.13. The van der Waals surface area contributed by atoms with Crippen LogP contribution in [0.2, 0.25) is 0 Å². The van der Waals surface area contributed by atoms with Gasteiger partial charge in [-0.25, -0.2) is 0 Å². The van der Waals surface area contributed by atoms with Crippen LogP contribution in [-0.4, -0.2) is 43.0 Å². The molecular weight excluding hydrogens is 284 g/mol. The molecule has 1 aliphatic rings. The average Bonchev–Trinajstić information content (AvgIpc) is 3.19. The maximum Gasteiger partial charge on any atom is 0.273 e. The molecule has 6 nitrogen and oxygen atoms in total. The second-order valence-electron chi connectivity index (χ2n) is 5.05. The molecule has 1 saturated heterocycles. The molecule has 2 heterocycles. The first-order valence-corrected chi connectivity index (χ1v) is 7.30. The number of nitrogens with one attached hydrogen (secondary N) is 1. The Kier molecular flexibility index (Phi) is 4.50. The van der Waals surface area contributed by atoms with Crippen molar-refractivity contribution in [3.63, 3.8) is 0 Å². The van der Waals surface area contributed by atoms with Crippen LogP contribution in [0, 0.1) is 0 Å². The van der Waals surface area contributed by atoms with E-state index in [1.807, 2.05) is 37.3 Å². The van der Waals surface area contributed by atoms with Crippen LogP contribution in [-0.2, 0) is 9.47 Å². The molecule has 1 N–H and O–H groups in total. The zero-order chi connectivity index (χ0) is 15.4. The van der Waals surface area contributed by atoms with Crippen molar-refractivity contribution in [2.75, 3.05) is 19.8 Å².